The predicted octanol–water partition coefficient (Wildman–Crippen LogP) is 1.54. The van der Waals surface area contributed by atoms with Crippen LogP contribution >= 0.6 is 0 Å². The molecule has 0 aliphatic carbocycles. The van der Waals surface area contributed by atoms with E-state index in [0.29, 0.717) is 6.54 Å². The highest BCUT2D eigenvalue weighted by Gasteiger charge is 2.40. The van der Waals surface area contributed by atoms with Gasteiger partial charge in [0.25, 0.3) is 0 Å². The number of esters is 1. The number of rotatable bonds is 13. The highest BCUT2D eigenvalue weighted by atomic mass is 16.6. The Morgan fingerprint density at radius 3 is 2.08 bits per heavy atom. The molecular weight excluding hydrogens is 316 g/mol. The Balaban J connectivity index is 4.13. The monoisotopic (exact) mass is 346 g/mol. The molecule has 1 amide bonds. The SMILES string of the molecule is CCC(COC(C)=O)(COC(=O)NCCCCCCNC)C(=O)O. The number of carbonyl (C=O) groups excluding carboxylic acids is 2. The number of carboxylic acids is 1. The zero-order valence-corrected chi connectivity index (χ0v) is 14.9. The first-order valence-corrected chi connectivity index (χ1v) is 8.30. The molecule has 0 aliphatic rings. The van der Waals surface area contributed by atoms with Crippen LogP contribution in [0, 0.1) is 5.41 Å². The van der Waals surface area contributed by atoms with Gasteiger partial charge in [0, 0.05) is 13.5 Å². The summed E-state index contributed by atoms with van der Waals surface area (Å²) in [5.41, 5.74) is -1.42. The van der Waals surface area contributed by atoms with Gasteiger partial charge in [-0.2, -0.15) is 0 Å². The van der Waals surface area contributed by atoms with Crippen LogP contribution in [0.1, 0.15) is 46.0 Å². The van der Waals surface area contributed by atoms with Crippen LogP contribution in [0.15, 0.2) is 0 Å². The smallest absolute Gasteiger partial charge is 0.407 e. The van der Waals surface area contributed by atoms with Crippen LogP contribution in [0.5, 0.6) is 0 Å². The average molecular weight is 346 g/mol. The third kappa shape index (κ3) is 9.34. The summed E-state index contributed by atoms with van der Waals surface area (Å²) in [5.74, 6) is -1.74. The number of hydrogen-bond acceptors (Lipinski definition) is 6. The highest BCUT2D eigenvalue weighted by Crippen LogP contribution is 2.23. The minimum atomic E-state index is -1.42. The van der Waals surface area contributed by atoms with Crippen molar-refractivity contribution in [3.63, 3.8) is 0 Å². The second kappa shape index (κ2) is 12.6. The van der Waals surface area contributed by atoms with Crippen LogP contribution in [0.25, 0.3) is 0 Å². The molecule has 0 saturated carbocycles. The molecule has 0 aliphatic heterocycles. The van der Waals surface area contributed by atoms with Crippen molar-refractivity contribution in [3.05, 3.63) is 0 Å². The zero-order chi connectivity index (χ0) is 18.4. The van der Waals surface area contributed by atoms with Gasteiger partial charge in [0.2, 0.25) is 0 Å². The van der Waals surface area contributed by atoms with Gasteiger partial charge in [-0.3, -0.25) is 9.59 Å². The molecule has 140 valence electrons. The molecule has 0 saturated heterocycles. The Kier molecular flexibility index (Phi) is 11.6. The molecule has 8 nitrogen and oxygen atoms in total. The maximum Gasteiger partial charge on any atom is 0.407 e. The van der Waals surface area contributed by atoms with Crippen LogP contribution in [0.4, 0.5) is 4.79 Å². The molecule has 24 heavy (non-hydrogen) atoms. The fourth-order valence-corrected chi connectivity index (χ4v) is 1.99. The van der Waals surface area contributed by atoms with Gasteiger partial charge >= 0.3 is 18.0 Å². The molecule has 3 N–H and O–H groups in total. The lowest BCUT2D eigenvalue weighted by atomic mass is 9.87. The molecule has 8 heteroatoms. The van der Waals surface area contributed by atoms with Crippen LogP contribution in [-0.2, 0) is 19.1 Å². The molecular formula is C16H30N2O6. The number of ether oxygens (including phenoxy) is 2. The van der Waals surface area contributed by atoms with Gasteiger partial charge in [-0.25, -0.2) is 4.79 Å². The van der Waals surface area contributed by atoms with Crippen molar-refractivity contribution in [3.8, 4) is 0 Å². The van der Waals surface area contributed by atoms with Crippen LogP contribution in [0.3, 0.4) is 0 Å². The number of amides is 1. The molecule has 0 aromatic carbocycles. The average Bonchev–Trinajstić information content (AvgIpc) is 2.54. The van der Waals surface area contributed by atoms with Crippen molar-refractivity contribution in [1.29, 1.82) is 0 Å². The second-order valence-electron chi connectivity index (χ2n) is 5.74. The van der Waals surface area contributed by atoms with Crippen molar-refractivity contribution >= 4 is 18.0 Å². The quantitative estimate of drug-likeness (QED) is 0.342. The molecule has 0 rings (SSSR count). The number of aliphatic carboxylic acids is 1. The van der Waals surface area contributed by atoms with Crippen LogP contribution in [-0.4, -0.2) is 56.5 Å². The van der Waals surface area contributed by atoms with Gasteiger partial charge in [0.15, 0.2) is 0 Å². The standard InChI is InChI=1S/C16H30N2O6/c1-4-16(14(20)21,11-23-13(2)19)12-24-15(22)18-10-8-6-5-7-9-17-3/h17H,4-12H2,1-3H3,(H,18,22)(H,20,21). The van der Waals surface area contributed by atoms with E-state index >= 15 is 0 Å². The van der Waals surface area contributed by atoms with Crippen molar-refractivity contribution in [2.24, 2.45) is 5.41 Å². The maximum atomic E-state index is 11.7. The first kappa shape index (κ1) is 22.2. The van der Waals surface area contributed by atoms with E-state index < -0.39 is 23.4 Å². The van der Waals surface area contributed by atoms with Crippen molar-refractivity contribution in [2.45, 2.75) is 46.0 Å². The number of carboxylic acid groups (broad SMARTS) is 1. The molecule has 0 fully saturated rings. The van der Waals surface area contributed by atoms with E-state index in [1.54, 1.807) is 6.92 Å². The van der Waals surface area contributed by atoms with Crippen LogP contribution in [0.2, 0.25) is 0 Å². The third-order valence-corrected chi connectivity index (χ3v) is 3.78. The lowest BCUT2D eigenvalue weighted by molar-refractivity contribution is -0.161. The van der Waals surface area contributed by atoms with E-state index in [1.165, 1.54) is 6.92 Å². The Labute approximate surface area is 143 Å². The van der Waals surface area contributed by atoms with E-state index in [-0.39, 0.29) is 19.6 Å². The lowest BCUT2D eigenvalue weighted by Crippen LogP contribution is -2.42. The van der Waals surface area contributed by atoms with Crippen LogP contribution < -0.4 is 10.6 Å². The summed E-state index contributed by atoms with van der Waals surface area (Å²) < 4.78 is 9.81. The third-order valence-electron chi connectivity index (χ3n) is 3.78. The summed E-state index contributed by atoms with van der Waals surface area (Å²) >= 11 is 0. The Bertz CT molecular complexity index is 402. The molecule has 0 bridgehead atoms. The summed E-state index contributed by atoms with van der Waals surface area (Å²) in [4.78, 5) is 34.0. The fourth-order valence-electron chi connectivity index (χ4n) is 1.99. The van der Waals surface area contributed by atoms with Gasteiger partial charge in [0.05, 0.1) is 0 Å². The van der Waals surface area contributed by atoms with Crippen molar-refractivity contribution in [1.82, 2.24) is 10.6 Å². The van der Waals surface area contributed by atoms with Gasteiger partial charge in [-0.05, 0) is 32.9 Å². The lowest BCUT2D eigenvalue weighted by Gasteiger charge is -2.26. The van der Waals surface area contributed by atoms with Crippen molar-refractivity contribution < 1.29 is 29.0 Å². The minimum absolute atomic E-state index is 0.175. The highest BCUT2D eigenvalue weighted by molar-refractivity contribution is 5.76. The first-order chi connectivity index (χ1) is 11.4. The summed E-state index contributed by atoms with van der Waals surface area (Å²) in [5, 5.41) is 15.0. The Morgan fingerprint density at radius 1 is 1.00 bits per heavy atom. The van der Waals surface area contributed by atoms with E-state index in [9.17, 15) is 19.5 Å². The van der Waals surface area contributed by atoms with E-state index in [1.807, 2.05) is 7.05 Å². The number of unbranched alkanes of at least 4 members (excludes halogenated alkanes) is 3. The maximum absolute atomic E-state index is 11.7. The number of hydrogen-bond donors (Lipinski definition) is 3. The number of nitrogens with one attached hydrogen (secondary N) is 2. The van der Waals surface area contributed by atoms with Crippen molar-refractivity contribution in [2.75, 3.05) is 33.4 Å². The molecule has 1 atom stereocenters. The molecule has 0 radical (unpaired) electrons. The second-order valence-corrected chi connectivity index (χ2v) is 5.74. The van der Waals surface area contributed by atoms with E-state index in [2.05, 4.69) is 10.6 Å². The Morgan fingerprint density at radius 2 is 1.58 bits per heavy atom. The fraction of sp³-hybridized carbons (Fsp3) is 0.812. The largest absolute Gasteiger partial charge is 0.481 e. The van der Waals surface area contributed by atoms with Gasteiger partial charge in [-0.1, -0.05) is 19.8 Å². The molecule has 0 heterocycles. The van der Waals surface area contributed by atoms with Gasteiger partial charge in [0.1, 0.15) is 18.6 Å². The topological polar surface area (TPSA) is 114 Å². The molecule has 0 spiro atoms. The molecule has 1 unspecified atom stereocenters. The Hall–Kier alpha value is -1.83. The number of carbonyl (C=O) groups is 3. The summed E-state index contributed by atoms with van der Waals surface area (Å²) in [6, 6.07) is 0. The predicted molar refractivity (Wildman–Crippen MR) is 88.7 cm³/mol. The normalized spacial score (nSPS) is 13.0. The van der Waals surface area contributed by atoms with E-state index in [0.717, 1.165) is 32.2 Å². The summed E-state index contributed by atoms with van der Waals surface area (Å²) in [6.45, 7) is 3.63. The first-order valence-electron chi connectivity index (χ1n) is 8.30. The summed E-state index contributed by atoms with van der Waals surface area (Å²) in [6.07, 6.45) is 3.53. The number of alkyl carbamates (subject to hydrolysis) is 1. The van der Waals surface area contributed by atoms with Gasteiger partial charge < -0.3 is 25.2 Å². The zero-order valence-electron chi connectivity index (χ0n) is 14.9. The van der Waals surface area contributed by atoms with E-state index in [4.69, 9.17) is 9.47 Å². The minimum Gasteiger partial charge on any atom is -0.481 e. The molecule has 0 aromatic rings. The molecule has 0 aromatic heterocycles. The summed E-state index contributed by atoms with van der Waals surface area (Å²) in [7, 11) is 1.91. The van der Waals surface area contributed by atoms with Gasteiger partial charge in [-0.15, -0.1) is 0 Å².